The Morgan fingerprint density at radius 3 is 2.34 bits per heavy atom. The summed E-state index contributed by atoms with van der Waals surface area (Å²) in [5.74, 6) is -0.0896. The van der Waals surface area contributed by atoms with E-state index in [9.17, 15) is 23.3 Å². The second-order valence-electron chi connectivity index (χ2n) is 6.61. The van der Waals surface area contributed by atoms with Gasteiger partial charge in [-0.1, -0.05) is 24.3 Å². The molecule has 0 aromatic heterocycles. The van der Waals surface area contributed by atoms with E-state index in [0.29, 0.717) is 12.4 Å². The molecule has 1 N–H and O–H groups in total. The molecule has 9 nitrogen and oxygen atoms in total. The molecule has 0 aliphatic heterocycles. The van der Waals surface area contributed by atoms with Crippen molar-refractivity contribution in [1.82, 2.24) is 0 Å². The average molecular weight is 455 g/mol. The summed E-state index contributed by atoms with van der Waals surface area (Å²) in [7, 11) is -4.06. The van der Waals surface area contributed by atoms with Crippen LogP contribution in [0.4, 0.5) is 17.1 Å². The third-order valence-corrected chi connectivity index (χ3v) is 6.18. The van der Waals surface area contributed by atoms with Crippen molar-refractivity contribution in [2.45, 2.75) is 11.8 Å². The maximum Gasteiger partial charge on any atom is 0.271 e. The number of nitrogens with one attached hydrogen (secondary N) is 1. The average Bonchev–Trinajstić information content (AvgIpc) is 2.79. The largest absolute Gasteiger partial charge is 0.494 e. The van der Waals surface area contributed by atoms with Crippen LogP contribution in [0.25, 0.3) is 0 Å². The zero-order valence-electron chi connectivity index (χ0n) is 17.2. The molecule has 0 heterocycles. The van der Waals surface area contributed by atoms with E-state index in [1.807, 2.05) is 6.92 Å². The van der Waals surface area contributed by atoms with Crippen LogP contribution in [0.1, 0.15) is 6.92 Å². The lowest BCUT2D eigenvalue weighted by Crippen LogP contribution is -2.38. The van der Waals surface area contributed by atoms with Gasteiger partial charge in [-0.15, -0.1) is 0 Å². The number of carbonyl (C=O) groups excluding carboxylic acids is 1. The number of ether oxygens (including phenoxy) is 1. The monoisotopic (exact) mass is 455 g/mol. The minimum Gasteiger partial charge on any atom is -0.494 e. The molecular formula is C22H21N3O6S. The van der Waals surface area contributed by atoms with Gasteiger partial charge in [-0.05, 0) is 49.4 Å². The van der Waals surface area contributed by atoms with Gasteiger partial charge in [0, 0.05) is 17.8 Å². The highest BCUT2D eigenvalue weighted by Crippen LogP contribution is 2.26. The molecule has 3 aromatic carbocycles. The Balaban J connectivity index is 1.91. The molecular weight excluding hydrogens is 434 g/mol. The summed E-state index contributed by atoms with van der Waals surface area (Å²) in [5, 5.41) is 13.5. The van der Waals surface area contributed by atoms with E-state index in [1.165, 1.54) is 36.4 Å². The van der Waals surface area contributed by atoms with Gasteiger partial charge in [-0.2, -0.15) is 0 Å². The Bertz CT molecular complexity index is 1200. The topological polar surface area (TPSA) is 119 Å². The molecule has 0 radical (unpaired) electrons. The molecule has 0 spiro atoms. The lowest BCUT2D eigenvalue weighted by molar-refractivity contribution is -0.384. The quantitative estimate of drug-likeness (QED) is 0.387. The minimum atomic E-state index is -4.06. The molecule has 0 unspecified atom stereocenters. The van der Waals surface area contributed by atoms with E-state index >= 15 is 0 Å². The first-order valence-electron chi connectivity index (χ1n) is 9.66. The number of non-ortho nitro benzene ring substituents is 1. The van der Waals surface area contributed by atoms with Crippen LogP contribution in [0, 0.1) is 10.1 Å². The fraction of sp³-hybridized carbons (Fsp3) is 0.136. The first-order chi connectivity index (χ1) is 15.3. The van der Waals surface area contributed by atoms with Crippen molar-refractivity contribution in [1.29, 1.82) is 0 Å². The molecule has 0 bridgehead atoms. The van der Waals surface area contributed by atoms with Gasteiger partial charge in [-0.3, -0.25) is 19.2 Å². The second-order valence-corrected chi connectivity index (χ2v) is 8.47. The lowest BCUT2D eigenvalue weighted by Gasteiger charge is -2.24. The number of hydrogen-bond donors (Lipinski definition) is 1. The third kappa shape index (κ3) is 5.41. The van der Waals surface area contributed by atoms with Crippen LogP contribution in [0.2, 0.25) is 0 Å². The van der Waals surface area contributed by atoms with Crippen LogP contribution in [0.5, 0.6) is 5.75 Å². The Morgan fingerprint density at radius 2 is 1.72 bits per heavy atom. The molecule has 166 valence electrons. The number of nitro benzene ring substituents is 1. The fourth-order valence-corrected chi connectivity index (χ4v) is 4.38. The standard InChI is InChI=1S/C22H21N3O6S/c1-2-31-20-13-11-18(12-14-20)24(32(29,30)21-9-4-3-5-10-21)16-22(26)23-17-7-6-8-19(15-17)25(27)28/h3-15H,2,16H2,1H3,(H,23,26). The number of nitro groups is 1. The summed E-state index contributed by atoms with van der Waals surface area (Å²) in [6.45, 7) is 1.75. The van der Waals surface area contributed by atoms with Crippen LogP contribution in [0.3, 0.4) is 0 Å². The molecule has 1 amide bonds. The number of benzene rings is 3. The summed E-state index contributed by atoms with van der Waals surface area (Å²) in [4.78, 5) is 23.1. The molecule has 0 fully saturated rings. The molecule has 3 rings (SSSR count). The zero-order chi connectivity index (χ0) is 23.1. The number of nitrogens with zero attached hydrogens (tertiary/aromatic N) is 2. The number of rotatable bonds is 9. The fourth-order valence-electron chi connectivity index (χ4n) is 2.94. The summed E-state index contributed by atoms with van der Waals surface area (Å²) in [6.07, 6.45) is 0. The van der Waals surface area contributed by atoms with Gasteiger partial charge in [0.25, 0.3) is 15.7 Å². The summed E-state index contributed by atoms with van der Waals surface area (Å²) < 4.78 is 33.0. The van der Waals surface area contributed by atoms with Crippen molar-refractivity contribution in [3.63, 3.8) is 0 Å². The van der Waals surface area contributed by atoms with E-state index < -0.39 is 27.4 Å². The lowest BCUT2D eigenvalue weighted by atomic mass is 10.2. The van der Waals surface area contributed by atoms with Crippen LogP contribution < -0.4 is 14.4 Å². The number of amides is 1. The SMILES string of the molecule is CCOc1ccc(N(CC(=O)Nc2cccc([N+](=O)[O-])c2)S(=O)(=O)c2ccccc2)cc1. The van der Waals surface area contributed by atoms with E-state index in [2.05, 4.69) is 5.32 Å². The highest BCUT2D eigenvalue weighted by atomic mass is 32.2. The predicted molar refractivity (Wildman–Crippen MR) is 120 cm³/mol. The van der Waals surface area contributed by atoms with Crippen LogP contribution >= 0.6 is 0 Å². The zero-order valence-corrected chi connectivity index (χ0v) is 18.0. The second kappa shape index (κ2) is 9.92. The molecule has 32 heavy (non-hydrogen) atoms. The van der Waals surface area contributed by atoms with Gasteiger partial charge in [0.2, 0.25) is 5.91 Å². The maximum absolute atomic E-state index is 13.3. The molecule has 3 aromatic rings. The van der Waals surface area contributed by atoms with Crippen molar-refractivity contribution in [3.8, 4) is 5.75 Å². The molecule has 10 heteroatoms. The van der Waals surface area contributed by atoms with E-state index in [-0.39, 0.29) is 22.0 Å². The third-order valence-electron chi connectivity index (χ3n) is 4.39. The van der Waals surface area contributed by atoms with Gasteiger partial charge >= 0.3 is 0 Å². The molecule has 0 aliphatic rings. The van der Waals surface area contributed by atoms with Gasteiger partial charge in [-0.25, -0.2) is 8.42 Å². The Hall–Kier alpha value is -3.92. The van der Waals surface area contributed by atoms with E-state index in [4.69, 9.17) is 4.74 Å². The highest BCUT2D eigenvalue weighted by Gasteiger charge is 2.27. The van der Waals surface area contributed by atoms with Gasteiger partial charge in [0.1, 0.15) is 12.3 Å². The van der Waals surface area contributed by atoms with Gasteiger partial charge in [0.15, 0.2) is 0 Å². The highest BCUT2D eigenvalue weighted by molar-refractivity contribution is 7.92. The first-order valence-corrected chi connectivity index (χ1v) is 11.1. The van der Waals surface area contributed by atoms with E-state index in [0.717, 1.165) is 4.31 Å². The Morgan fingerprint density at radius 1 is 1.03 bits per heavy atom. The normalized spacial score (nSPS) is 10.9. The molecule has 0 aliphatic carbocycles. The molecule has 0 atom stereocenters. The number of anilines is 2. The summed E-state index contributed by atoms with van der Waals surface area (Å²) in [6, 6.07) is 19.5. The first kappa shape index (κ1) is 22.8. The molecule has 0 saturated carbocycles. The molecule has 0 saturated heterocycles. The van der Waals surface area contributed by atoms with Gasteiger partial charge in [0.05, 0.1) is 22.1 Å². The number of hydrogen-bond acceptors (Lipinski definition) is 6. The maximum atomic E-state index is 13.3. The van der Waals surface area contributed by atoms with Crippen molar-refractivity contribution in [2.75, 3.05) is 22.8 Å². The minimum absolute atomic E-state index is 0.0250. The van der Waals surface area contributed by atoms with Crippen molar-refractivity contribution in [3.05, 3.63) is 89.0 Å². The Labute approximate surface area is 185 Å². The summed E-state index contributed by atoms with van der Waals surface area (Å²) >= 11 is 0. The predicted octanol–water partition coefficient (Wildman–Crippen LogP) is 3.83. The smallest absolute Gasteiger partial charge is 0.271 e. The van der Waals surface area contributed by atoms with Crippen LogP contribution in [-0.2, 0) is 14.8 Å². The van der Waals surface area contributed by atoms with Crippen molar-refractivity contribution >= 4 is 33.0 Å². The van der Waals surface area contributed by atoms with Crippen molar-refractivity contribution in [2.24, 2.45) is 0 Å². The van der Waals surface area contributed by atoms with E-state index in [1.54, 1.807) is 42.5 Å². The van der Waals surface area contributed by atoms with Crippen LogP contribution in [-0.4, -0.2) is 32.4 Å². The van der Waals surface area contributed by atoms with Crippen LogP contribution in [0.15, 0.2) is 83.8 Å². The number of sulfonamides is 1. The Kier molecular flexibility index (Phi) is 7.06. The van der Waals surface area contributed by atoms with Crippen molar-refractivity contribution < 1.29 is 22.9 Å². The number of carbonyl (C=O) groups is 1. The van der Waals surface area contributed by atoms with Gasteiger partial charge < -0.3 is 10.1 Å². The summed E-state index contributed by atoms with van der Waals surface area (Å²) in [5.41, 5.74) is 0.266.